The molecule has 0 spiro atoms. The van der Waals surface area contributed by atoms with Gasteiger partial charge in [0.05, 0.1) is 19.8 Å². The van der Waals surface area contributed by atoms with E-state index in [0.717, 1.165) is 0 Å². The van der Waals surface area contributed by atoms with E-state index in [-0.39, 0.29) is 0 Å². The Morgan fingerprint density at radius 1 is 1.10 bits per heavy atom. The average Bonchev–Trinajstić information content (AvgIpc) is 1.97. The Kier molecular flexibility index (Phi) is 8.70. The van der Waals surface area contributed by atoms with Crippen LogP contribution in [0.15, 0.2) is 0 Å². The summed E-state index contributed by atoms with van der Waals surface area (Å²) in [6, 6.07) is 0. The molecule has 0 aromatic heterocycles. The van der Waals surface area contributed by atoms with Crippen molar-refractivity contribution in [1.29, 1.82) is 0 Å². The monoisotopic (exact) mass is 149 g/mol. The average molecular weight is 149 g/mol. The molecule has 4 nitrogen and oxygen atoms in total. The van der Waals surface area contributed by atoms with Gasteiger partial charge in [0.25, 0.3) is 0 Å². The van der Waals surface area contributed by atoms with E-state index in [9.17, 15) is 0 Å². The maximum Gasteiger partial charge on any atom is 0.106 e. The van der Waals surface area contributed by atoms with Gasteiger partial charge in [0.1, 0.15) is 6.61 Å². The molecule has 0 aliphatic heterocycles. The number of rotatable bonds is 7. The molecule has 0 atom stereocenters. The molecule has 0 aromatic rings. The minimum Gasteiger partial charge on any atom is -0.378 e. The van der Waals surface area contributed by atoms with E-state index < -0.39 is 0 Å². The number of nitrogens with two attached hydrogens (primary N) is 1. The molecule has 0 aliphatic rings. The van der Waals surface area contributed by atoms with Gasteiger partial charge in [0.15, 0.2) is 0 Å². The summed E-state index contributed by atoms with van der Waals surface area (Å²) in [6.07, 6.45) is 0. The molecule has 2 N–H and O–H groups in total. The summed E-state index contributed by atoms with van der Waals surface area (Å²) in [5.41, 5.74) is 5.17. The van der Waals surface area contributed by atoms with E-state index in [2.05, 4.69) is 9.78 Å². The molecule has 0 aromatic carbocycles. The Morgan fingerprint density at radius 3 is 2.50 bits per heavy atom. The van der Waals surface area contributed by atoms with Gasteiger partial charge in [-0.25, -0.2) is 9.78 Å². The quantitative estimate of drug-likeness (QED) is 0.313. The van der Waals surface area contributed by atoms with Crippen molar-refractivity contribution in [3.63, 3.8) is 0 Å². The third kappa shape index (κ3) is 7.84. The van der Waals surface area contributed by atoms with E-state index in [1.807, 2.05) is 6.92 Å². The first-order valence-electron chi connectivity index (χ1n) is 3.44. The lowest BCUT2D eigenvalue weighted by Crippen LogP contribution is -2.12. The first-order chi connectivity index (χ1) is 4.91. The van der Waals surface area contributed by atoms with Crippen LogP contribution in [-0.4, -0.2) is 33.0 Å². The van der Waals surface area contributed by atoms with Crippen LogP contribution < -0.4 is 5.73 Å². The summed E-state index contributed by atoms with van der Waals surface area (Å²) >= 11 is 0. The van der Waals surface area contributed by atoms with Crippen LogP contribution in [0.5, 0.6) is 0 Å². The fraction of sp³-hybridized carbons (Fsp3) is 1.00. The summed E-state index contributed by atoms with van der Waals surface area (Å²) in [7, 11) is 0. The highest BCUT2D eigenvalue weighted by Crippen LogP contribution is 1.78. The van der Waals surface area contributed by atoms with Crippen molar-refractivity contribution in [2.45, 2.75) is 6.92 Å². The Hall–Kier alpha value is -0.160. The highest BCUT2D eigenvalue weighted by molar-refractivity contribution is 4.29. The molecule has 0 saturated carbocycles. The Balaban J connectivity index is 2.65. The van der Waals surface area contributed by atoms with Gasteiger partial charge in [-0.3, -0.25) is 0 Å². The third-order valence-electron chi connectivity index (χ3n) is 0.774. The number of hydrogen-bond acceptors (Lipinski definition) is 4. The van der Waals surface area contributed by atoms with Crippen LogP contribution in [-0.2, 0) is 14.5 Å². The lowest BCUT2D eigenvalue weighted by atomic mass is 10.7. The first kappa shape index (κ1) is 9.84. The predicted molar refractivity (Wildman–Crippen MR) is 37.5 cm³/mol. The van der Waals surface area contributed by atoms with Gasteiger partial charge in [-0.05, 0) is 6.92 Å². The normalized spacial score (nSPS) is 10.2. The van der Waals surface area contributed by atoms with Crippen LogP contribution in [0.3, 0.4) is 0 Å². The molecule has 0 rings (SSSR count). The Bertz CT molecular complexity index is 53.0. The summed E-state index contributed by atoms with van der Waals surface area (Å²) in [5, 5.41) is 0. The molecule has 0 bridgehead atoms. The smallest absolute Gasteiger partial charge is 0.106 e. The summed E-state index contributed by atoms with van der Waals surface area (Å²) in [5.74, 6) is 0. The van der Waals surface area contributed by atoms with E-state index in [1.165, 1.54) is 0 Å². The minimum atomic E-state index is 0.466. The highest BCUT2D eigenvalue weighted by Gasteiger charge is 1.86. The Labute approximate surface area is 61.2 Å². The van der Waals surface area contributed by atoms with Crippen LogP contribution in [0.25, 0.3) is 0 Å². The third-order valence-corrected chi connectivity index (χ3v) is 0.774. The number of hydrogen-bond donors (Lipinski definition) is 1. The molecule has 10 heavy (non-hydrogen) atoms. The molecule has 0 heterocycles. The van der Waals surface area contributed by atoms with Crippen molar-refractivity contribution in [2.75, 3.05) is 33.0 Å². The van der Waals surface area contributed by atoms with Crippen LogP contribution >= 0.6 is 0 Å². The van der Waals surface area contributed by atoms with Gasteiger partial charge in [0.2, 0.25) is 0 Å². The lowest BCUT2D eigenvalue weighted by Gasteiger charge is -2.01. The summed E-state index contributed by atoms with van der Waals surface area (Å²) < 4.78 is 5.00. The standard InChI is InChI=1S/C6H15NO3/c1-2-9-10-6-5-8-4-3-7/h2-7H2,1H3. The van der Waals surface area contributed by atoms with E-state index >= 15 is 0 Å². The zero-order chi connectivity index (χ0) is 7.66. The lowest BCUT2D eigenvalue weighted by molar-refractivity contribution is -0.295. The van der Waals surface area contributed by atoms with Crippen molar-refractivity contribution in [2.24, 2.45) is 5.73 Å². The van der Waals surface area contributed by atoms with Crippen molar-refractivity contribution in [3.05, 3.63) is 0 Å². The fourth-order valence-corrected chi connectivity index (χ4v) is 0.421. The van der Waals surface area contributed by atoms with Gasteiger partial charge in [0, 0.05) is 6.54 Å². The van der Waals surface area contributed by atoms with Crippen molar-refractivity contribution < 1.29 is 14.5 Å². The molecule has 0 radical (unpaired) electrons. The first-order valence-corrected chi connectivity index (χ1v) is 3.44. The maximum absolute atomic E-state index is 5.17. The van der Waals surface area contributed by atoms with Crippen LogP contribution in [0.1, 0.15) is 6.92 Å². The zero-order valence-electron chi connectivity index (χ0n) is 6.34. The summed E-state index contributed by atoms with van der Waals surface area (Å²) in [6.45, 7) is 4.56. The largest absolute Gasteiger partial charge is 0.378 e. The summed E-state index contributed by atoms with van der Waals surface area (Å²) in [4.78, 5) is 9.27. The van der Waals surface area contributed by atoms with Crippen molar-refractivity contribution >= 4 is 0 Å². The van der Waals surface area contributed by atoms with E-state index in [1.54, 1.807) is 0 Å². The van der Waals surface area contributed by atoms with E-state index in [4.69, 9.17) is 10.5 Å². The van der Waals surface area contributed by atoms with Gasteiger partial charge in [-0.1, -0.05) is 0 Å². The molecule has 0 saturated heterocycles. The Morgan fingerprint density at radius 2 is 1.90 bits per heavy atom. The van der Waals surface area contributed by atoms with Gasteiger partial charge in [-0.15, -0.1) is 0 Å². The molecule has 62 valence electrons. The molecule has 0 amide bonds. The maximum atomic E-state index is 5.17. The van der Waals surface area contributed by atoms with Gasteiger partial charge in [-0.2, -0.15) is 0 Å². The van der Waals surface area contributed by atoms with Gasteiger partial charge < -0.3 is 10.5 Å². The molecule has 4 heteroatoms. The van der Waals surface area contributed by atoms with Crippen LogP contribution in [0.4, 0.5) is 0 Å². The van der Waals surface area contributed by atoms with Gasteiger partial charge >= 0.3 is 0 Å². The molecule has 0 aliphatic carbocycles. The highest BCUT2D eigenvalue weighted by atomic mass is 17.2. The van der Waals surface area contributed by atoms with Crippen molar-refractivity contribution in [3.8, 4) is 0 Å². The predicted octanol–water partition coefficient (Wildman–Crippen LogP) is -0.0702. The topological polar surface area (TPSA) is 53.7 Å². The second-order valence-electron chi connectivity index (χ2n) is 1.63. The van der Waals surface area contributed by atoms with Crippen LogP contribution in [0.2, 0.25) is 0 Å². The fourth-order valence-electron chi connectivity index (χ4n) is 0.421. The molecule has 0 fully saturated rings. The van der Waals surface area contributed by atoms with Crippen molar-refractivity contribution in [1.82, 2.24) is 0 Å². The minimum absolute atomic E-state index is 0.466. The second-order valence-corrected chi connectivity index (χ2v) is 1.63. The number of ether oxygens (including phenoxy) is 1. The zero-order valence-corrected chi connectivity index (χ0v) is 6.34. The van der Waals surface area contributed by atoms with E-state index in [0.29, 0.717) is 33.0 Å². The molecule has 0 unspecified atom stereocenters. The molecular formula is C6H15NO3. The second kappa shape index (κ2) is 8.84. The van der Waals surface area contributed by atoms with Crippen LogP contribution in [0, 0.1) is 0 Å². The molecular weight excluding hydrogens is 134 g/mol. The SMILES string of the molecule is CCOOCCOCCN.